The molecule has 0 unspecified atom stereocenters. The van der Waals surface area contributed by atoms with Crippen LogP contribution in [0.2, 0.25) is 0 Å². The van der Waals surface area contributed by atoms with E-state index in [0.29, 0.717) is 30.2 Å². The molecule has 0 bridgehead atoms. The molecular formula is C15H20ClNO4. The number of hydrogen-bond donors (Lipinski definition) is 2. The van der Waals surface area contributed by atoms with Crippen LogP contribution in [0.15, 0.2) is 24.3 Å². The number of carbonyl (C=O) groups excluding carboxylic acids is 1. The lowest BCUT2D eigenvalue weighted by Crippen LogP contribution is -2.40. The number of aliphatic carboxylic acids is 1. The molecule has 5 nitrogen and oxygen atoms in total. The second kappa shape index (κ2) is 8.52. The van der Waals surface area contributed by atoms with Crippen molar-refractivity contribution >= 4 is 29.0 Å². The molecule has 0 fully saturated rings. The molecule has 0 aromatic heterocycles. The maximum Gasteiger partial charge on any atom is 0.326 e. The molecule has 6 heteroatoms. The van der Waals surface area contributed by atoms with E-state index < -0.39 is 17.9 Å². The van der Waals surface area contributed by atoms with Gasteiger partial charge >= 0.3 is 5.97 Å². The quantitative estimate of drug-likeness (QED) is 0.686. The van der Waals surface area contributed by atoms with Crippen LogP contribution < -0.4 is 10.1 Å². The van der Waals surface area contributed by atoms with E-state index in [1.54, 1.807) is 31.4 Å². The van der Waals surface area contributed by atoms with Gasteiger partial charge in [-0.2, -0.15) is 0 Å². The molecule has 116 valence electrons. The van der Waals surface area contributed by atoms with E-state index in [1.165, 1.54) is 6.92 Å². The van der Waals surface area contributed by atoms with Crippen LogP contribution >= 0.6 is 11.6 Å². The molecule has 0 heterocycles. The minimum atomic E-state index is -1.06. The van der Waals surface area contributed by atoms with Gasteiger partial charge in [-0.3, -0.25) is 4.79 Å². The van der Waals surface area contributed by atoms with Crippen LogP contribution in [-0.2, 0) is 9.59 Å². The lowest BCUT2D eigenvalue weighted by Gasteiger charge is -2.23. The number of rotatable bonds is 9. The van der Waals surface area contributed by atoms with Crippen molar-refractivity contribution in [3.8, 4) is 5.75 Å². The number of benzene rings is 1. The van der Waals surface area contributed by atoms with Crippen LogP contribution in [0.25, 0.3) is 0 Å². The molecule has 2 atom stereocenters. The summed E-state index contributed by atoms with van der Waals surface area (Å²) in [6.07, 6.45) is 1.04. The number of alkyl halides is 1. The molecule has 1 aromatic carbocycles. The van der Waals surface area contributed by atoms with Gasteiger partial charge in [0.05, 0.1) is 7.11 Å². The highest BCUT2D eigenvalue weighted by atomic mass is 35.5. The first-order valence-electron chi connectivity index (χ1n) is 6.69. The number of nitrogens with one attached hydrogen (secondary N) is 1. The Labute approximate surface area is 129 Å². The largest absolute Gasteiger partial charge is 0.497 e. The second-order valence-electron chi connectivity index (χ2n) is 4.74. The fourth-order valence-corrected chi connectivity index (χ4v) is 2.26. The van der Waals surface area contributed by atoms with Crippen LogP contribution in [0, 0.1) is 5.92 Å². The van der Waals surface area contributed by atoms with E-state index in [-0.39, 0.29) is 5.78 Å². The summed E-state index contributed by atoms with van der Waals surface area (Å²) in [6, 6.07) is 5.91. The maximum absolute atomic E-state index is 11.7. The predicted octanol–water partition coefficient (Wildman–Crippen LogP) is 2.78. The van der Waals surface area contributed by atoms with Gasteiger partial charge < -0.3 is 15.2 Å². The van der Waals surface area contributed by atoms with Gasteiger partial charge in [-0.05, 0) is 44.0 Å². The summed E-state index contributed by atoms with van der Waals surface area (Å²) >= 11 is 5.64. The number of methoxy groups -OCH3 is 1. The summed E-state index contributed by atoms with van der Waals surface area (Å²) in [7, 11) is 1.56. The highest BCUT2D eigenvalue weighted by Gasteiger charge is 2.31. The number of carbonyl (C=O) groups is 2. The zero-order valence-electron chi connectivity index (χ0n) is 12.1. The molecule has 1 rings (SSSR count). The number of ether oxygens (including phenoxy) is 1. The number of ketones is 1. The van der Waals surface area contributed by atoms with Gasteiger partial charge in [0, 0.05) is 17.5 Å². The maximum atomic E-state index is 11.7. The van der Waals surface area contributed by atoms with Crippen molar-refractivity contribution in [1.82, 2.24) is 0 Å². The molecule has 0 saturated heterocycles. The van der Waals surface area contributed by atoms with Gasteiger partial charge in [0.25, 0.3) is 0 Å². The van der Waals surface area contributed by atoms with E-state index in [2.05, 4.69) is 5.32 Å². The Morgan fingerprint density at radius 1 is 1.33 bits per heavy atom. The van der Waals surface area contributed by atoms with Crippen molar-refractivity contribution in [3.63, 3.8) is 0 Å². The molecule has 0 radical (unpaired) electrons. The summed E-state index contributed by atoms with van der Waals surface area (Å²) in [5, 5.41) is 12.3. The summed E-state index contributed by atoms with van der Waals surface area (Å²) in [4.78, 5) is 23.2. The van der Waals surface area contributed by atoms with Crippen molar-refractivity contribution in [1.29, 1.82) is 0 Å². The summed E-state index contributed by atoms with van der Waals surface area (Å²) in [5.74, 6) is -0.742. The Kier molecular flexibility index (Phi) is 7.02. The van der Waals surface area contributed by atoms with Gasteiger partial charge in [0.2, 0.25) is 0 Å². The lowest BCUT2D eigenvalue weighted by atomic mass is 9.91. The van der Waals surface area contributed by atoms with Crippen LogP contribution in [0.1, 0.15) is 19.8 Å². The predicted molar refractivity (Wildman–Crippen MR) is 82.2 cm³/mol. The molecule has 1 aromatic rings. The van der Waals surface area contributed by atoms with Crippen molar-refractivity contribution in [2.75, 3.05) is 18.3 Å². The average Bonchev–Trinajstić information content (AvgIpc) is 2.46. The Morgan fingerprint density at radius 2 is 1.95 bits per heavy atom. The first-order valence-corrected chi connectivity index (χ1v) is 7.22. The summed E-state index contributed by atoms with van der Waals surface area (Å²) < 4.78 is 5.05. The monoisotopic (exact) mass is 313 g/mol. The summed E-state index contributed by atoms with van der Waals surface area (Å²) in [5.41, 5.74) is 0.625. The van der Waals surface area contributed by atoms with Crippen molar-refractivity contribution < 1.29 is 19.4 Å². The van der Waals surface area contributed by atoms with Gasteiger partial charge in [-0.25, -0.2) is 4.79 Å². The summed E-state index contributed by atoms with van der Waals surface area (Å²) in [6.45, 7) is 1.41. The first-order chi connectivity index (χ1) is 9.99. The lowest BCUT2D eigenvalue weighted by molar-refractivity contribution is -0.141. The van der Waals surface area contributed by atoms with Crippen LogP contribution in [0.3, 0.4) is 0 Å². The second-order valence-corrected chi connectivity index (χ2v) is 5.12. The molecule has 0 amide bonds. The SMILES string of the molecule is COc1ccc(N[C@H](C(=O)O)[C@@H](CCCCl)C(C)=O)cc1. The van der Waals surface area contributed by atoms with Crippen molar-refractivity contribution in [2.24, 2.45) is 5.92 Å². The number of carboxylic acid groups (broad SMARTS) is 1. The number of carboxylic acids is 1. The number of hydrogen-bond acceptors (Lipinski definition) is 4. The highest BCUT2D eigenvalue weighted by molar-refractivity contribution is 6.17. The molecule has 0 aliphatic heterocycles. The van der Waals surface area contributed by atoms with Crippen LogP contribution in [0.5, 0.6) is 5.75 Å². The number of Topliss-reactive ketones (excluding diaryl/α,β-unsaturated/α-hetero) is 1. The Morgan fingerprint density at radius 3 is 2.38 bits per heavy atom. The van der Waals surface area contributed by atoms with E-state index in [0.717, 1.165) is 0 Å². The van der Waals surface area contributed by atoms with Gasteiger partial charge in [-0.15, -0.1) is 11.6 Å². The van der Waals surface area contributed by atoms with Crippen LogP contribution in [0.4, 0.5) is 5.69 Å². The normalized spacial score (nSPS) is 13.3. The number of halogens is 1. The Bertz CT molecular complexity index is 475. The topological polar surface area (TPSA) is 75.6 Å². The average molecular weight is 314 g/mol. The fourth-order valence-electron chi connectivity index (χ4n) is 2.10. The standard InChI is InChI=1S/C15H20ClNO4/c1-10(18)13(4-3-9-16)14(15(19)20)17-11-5-7-12(21-2)8-6-11/h5-8,13-14,17H,3-4,9H2,1-2H3,(H,19,20)/t13-,14-/m0/s1. The zero-order valence-corrected chi connectivity index (χ0v) is 12.9. The van der Waals surface area contributed by atoms with E-state index in [4.69, 9.17) is 16.3 Å². The molecule has 0 spiro atoms. The molecule has 2 N–H and O–H groups in total. The third-order valence-electron chi connectivity index (χ3n) is 3.25. The van der Waals surface area contributed by atoms with E-state index >= 15 is 0 Å². The van der Waals surface area contributed by atoms with Crippen LogP contribution in [-0.4, -0.2) is 35.9 Å². The van der Waals surface area contributed by atoms with Crippen molar-refractivity contribution in [2.45, 2.75) is 25.8 Å². The molecule has 0 aliphatic carbocycles. The molecule has 21 heavy (non-hydrogen) atoms. The fraction of sp³-hybridized carbons (Fsp3) is 0.467. The third-order valence-corrected chi connectivity index (χ3v) is 3.52. The molecular weight excluding hydrogens is 294 g/mol. The highest BCUT2D eigenvalue weighted by Crippen LogP contribution is 2.21. The third kappa shape index (κ3) is 5.27. The van der Waals surface area contributed by atoms with E-state index in [1.807, 2.05) is 0 Å². The van der Waals surface area contributed by atoms with E-state index in [9.17, 15) is 14.7 Å². The smallest absolute Gasteiger partial charge is 0.326 e. The zero-order chi connectivity index (χ0) is 15.8. The minimum Gasteiger partial charge on any atom is -0.497 e. The van der Waals surface area contributed by atoms with Crippen molar-refractivity contribution in [3.05, 3.63) is 24.3 Å². The Hall–Kier alpha value is -1.75. The first kappa shape index (κ1) is 17.3. The molecule has 0 aliphatic rings. The van der Waals surface area contributed by atoms with Gasteiger partial charge in [0.1, 0.15) is 17.6 Å². The molecule has 0 saturated carbocycles. The van der Waals surface area contributed by atoms with Gasteiger partial charge in [0.15, 0.2) is 0 Å². The number of anilines is 1. The van der Waals surface area contributed by atoms with Gasteiger partial charge in [-0.1, -0.05) is 0 Å². The minimum absolute atomic E-state index is 0.159. The Balaban J connectivity index is 2.88.